The Morgan fingerprint density at radius 3 is 2.00 bits per heavy atom. The number of unbranched alkanes of at least 4 members (excludes halogenated alkanes) is 7. The first-order valence-electron chi connectivity index (χ1n) is 10.1. The van der Waals surface area contributed by atoms with E-state index < -0.39 is 18.0 Å². The molecule has 26 heavy (non-hydrogen) atoms. The molecular formula is C21H40NO4+. The molecule has 0 saturated carbocycles. The number of rotatable bonds is 16. The SMILES string of the molecule is CCCCCCCC/C=C\CCCC(=O)C(C(=O)O)C(O)C[N+](C)(C)C. The summed E-state index contributed by atoms with van der Waals surface area (Å²) in [5.74, 6) is -2.92. The van der Waals surface area contributed by atoms with Crippen LogP contribution in [0.15, 0.2) is 12.2 Å². The average molecular weight is 371 g/mol. The zero-order valence-electron chi connectivity index (χ0n) is 17.2. The smallest absolute Gasteiger partial charge is 0.316 e. The third kappa shape index (κ3) is 13.1. The lowest BCUT2D eigenvalue weighted by atomic mass is 9.93. The number of carboxylic acids is 1. The molecule has 0 saturated heterocycles. The first-order chi connectivity index (χ1) is 12.2. The number of allylic oxidation sites excluding steroid dienone is 2. The van der Waals surface area contributed by atoms with Crippen molar-refractivity contribution in [1.29, 1.82) is 0 Å². The standard InChI is InChI=1S/C21H39NO4/c1-5-6-7-8-9-10-11-12-13-14-15-16-18(23)20(21(25)26)19(24)17-22(2,3)4/h12-13,19-20,24H,5-11,14-17H2,1-4H3/p+1/b13-12-. The lowest BCUT2D eigenvalue weighted by molar-refractivity contribution is -0.873. The van der Waals surface area contributed by atoms with Gasteiger partial charge in [0.15, 0.2) is 0 Å². The van der Waals surface area contributed by atoms with Crippen LogP contribution < -0.4 is 0 Å². The summed E-state index contributed by atoms with van der Waals surface area (Å²) in [7, 11) is 5.59. The number of likely N-dealkylation sites (N-methyl/N-ethyl adjacent to an activating group) is 1. The zero-order valence-corrected chi connectivity index (χ0v) is 17.2. The molecule has 0 aromatic rings. The molecule has 2 N–H and O–H groups in total. The fourth-order valence-corrected chi connectivity index (χ4v) is 3.01. The third-order valence-electron chi connectivity index (χ3n) is 4.42. The summed E-state index contributed by atoms with van der Waals surface area (Å²) in [6, 6.07) is 0. The number of aliphatic hydroxyl groups excluding tert-OH is 1. The number of quaternary nitrogens is 1. The van der Waals surface area contributed by atoms with Crippen LogP contribution in [0.25, 0.3) is 0 Å². The number of aliphatic carboxylic acids is 1. The number of hydrogen-bond donors (Lipinski definition) is 2. The Kier molecular flexibility index (Phi) is 13.3. The average Bonchev–Trinajstić information content (AvgIpc) is 2.50. The van der Waals surface area contributed by atoms with Crippen molar-refractivity contribution in [2.75, 3.05) is 27.7 Å². The van der Waals surface area contributed by atoms with E-state index in [-0.39, 0.29) is 18.7 Å². The molecule has 0 radical (unpaired) electrons. The van der Waals surface area contributed by atoms with Crippen molar-refractivity contribution in [3.05, 3.63) is 12.2 Å². The topological polar surface area (TPSA) is 74.6 Å². The minimum atomic E-state index is -1.32. The molecule has 0 aromatic heterocycles. The Bertz CT molecular complexity index is 426. The quantitative estimate of drug-likeness (QED) is 0.188. The van der Waals surface area contributed by atoms with E-state index in [0.29, 0.717) is 10.9 Å². The van der Waals surface area contributed by atoms with E-state index in [1.54, 1.807) is 0 Å². The van der Waals surface area contributed by atoms with E-state index in [9.17, 15) is 19.8 Å². The molecule has 0 aliphatic rings. The minimum Gasteiger partial charge on any atom is -0.481 e. The predicted molar refractivity (Wildman–Crippen MR) is 106 cm³/mol. The van der Waals surface area contributed by atoms with Gasteiger partial charge in [-0.1, -0.05) is 51.2 Å². The fraction of sp³-hybridized carbons (Fsp3) is 0.810. The summed E-state index contributed by atoms with van der Waals surface area (Å²) in [4.78, 5) is 23.6. The van der Waals surface area contributed by atoms with Crippen LogP contribution in [0, 0.1) is 5.92 Å². The van der Waals surface area contributed by atoms with E-state index in [1.807, 2.05) is 21.1 Å². The van der Waals surface area contributed by atoms with Gasteiger partial charge >= 0.3 is 5.97 Å². The monoisotopic (exact) mass is 370 g/mol. The maximum Gasteiger partial charge on any atom is 0.316 e. The number of carboxylic acid groups (broad SMARTS) is 1. The Morgan fingerprint density at radius 2 is 1.46 bits per heavy atom. The fourth-order valence-electron chi connectivity index (χ4n) is 3.01. The highest BCUT2D eigenvalue weighted by Crippen LogP contribution is 2.14. The third-order valence-corrected chi connectivity index (χ3v) is 4.42. The summed E-state index contributed by atoms with van der Waals surface area (Å²) in [6.07, 6.45) is 13.5. The first-order valence-corrected chi connectivity index (χ1v) is 10.1. The molecule has 2 unspecified atom stereocenters. The van der Waals surface area contributed by atoms with Gasteiger partial charge in [0, 0.05) is 6.42 Å². The van der Waals surface area contributed by atoms with Gasteiger partial charge in [0.1, 0.15) is 24.3 Å². The van der Waals surface area contributed by atoms with Gasteiger partial charge in [-0.25, -0.2) is 0 Å². The lowest BCUT2D eigenvalue weighted by Crippen LogP contribution is -2.47. The highest BCUT2D eigenvalue weighted by Gasteiger charge is 2.35. The molecule has 2 atom stereocenters. The number of carbonyl (C=O) groups is 2. The molecule has 0 fully saturated rings. The second-order valence-electron chi connectivity index (χ2n) is 8.24. The Labute approximate surface area is 159 Å². The number of nitrogens with zero attached hydrogens (tertiary/aromatic N) is 1. The molecule has 0 heterocycles. The first kappa shape index (κ1) is 24.8. The minimum absolute atomic E-state index is 0.201. The molecular weight excluding hydrogens is 330 g/mol. The Morgan fingerprint density at radius 1 is 0.923 bits per heavy atom. The van der Waals surface area contributed by atoms with E-state index in [1.165, 1.54) is 38.5 Å². The van der Waals surface area contributed by atoms with Crippen LogP contribution in [0.3, 0.4) is 0 Å². The van der Waals surface area contributed by atoms with Crippen molar-refractivity contribution in [2.24, 2.45) is 5.92 Å². The van der Waals surface area contributed by atoms with Crippen LogP contribution in [0.5, 0.6) is 0 Å². The molecule has 0 spiro atoms. The van der Waals surface area contributed by atoms with Crippen LogP contribution in [-0.4, -0.2) is 60.2 Å². The largest absolute Gasteiger partial charge is 0.481 e. The molecule has 0 bridgehead atoms. The molecule has 152 valence electrons. The van der Waals surface area contributed by atoms with Gasteiger partial charge in [-0.2, -0.15) is 0 Å². The van der Waals surface area contributed by atoms with Crippen LogP contribution in [-0.2, 0) is 9.59 Å². The second-order valence-corrected chi connectivity index (χ2v) is 8.24. The summed E-state index contributed by atoms with van der Waals surface area (Å²) >= 11 is 0. The number of Topliss-reactive ketones (excluding diaryl/α,β-unsaturated/α-hetero) is 1. The molecule has 0 rings (SSSR count). The van der Waals surface area contributed by atoms with Crippen LogP contribution in [0.1, 0.15) is 71.1 Å². The van der Waals surface area contributed by atoms with Gasteiger partial charge in [0.25, 0.3) is 0 Å². The maximum absolute atomic E-state index is 12.2. The molecule has 0 aromatic carbocycles. The van der Waals surface area contributed by atoms with E-state index in [0.717, 1.165) is 12.8 Å². The number of ketones is 1. The van der Waals surface area contributed by atoms with Gasteiger partial charge in [-0.3, -0.25) is 9.59 Å². The highest BCUT2D eigenvalue weighted by atomic mass is 16.4. The second kappa shape index (κ2) is 13.9. The van der Waals surface area contributed by atoms with Crippen molar-refractivity contribution in [1.82, 2.24) is 0 Å². The highest BCUT2D eigenvalue weighted by molar-refractivity contribution is 5.98. The van der Waals surface area contributed by atoms with Crippen LogP contribution in [0.4, 0.5) is 0 Å². The van der Waals surface area contributed by atoms with Crippen molar-refractivity contribution in [3.8, 4) is 0 Å². The van der Waals surface area contributed by atoms with Crippen LogP contribution in [0.2, 0.25) is 0 Å². The molecule has 5 heteroatoms. The summed E-state index contributed by atoms with van der Waals surface area (Å²) in [5, 5.41) is 19.4. The molecule has 0 aliphatic heterocycles. The normalized spacial score (nSPS) is 14.5. The van der Waals surface area contributed by atoms with Crippen LogP contribution >= 0.6 is 0 Å². The summed E-state index contributed by atoms with van der Waals surface area (Å²) < 4.78 is 0.416. The number of aliphatic hydroxyl groups is 1. The van der Waals surface area contributed by atoms with Gasteiger partial charge in [-0.05, 0) is 25.7 Å². The van der Waals surface area contributed by atoms with Crippen molar-refractivity contribution >= 4 is 11.8 Å². The number of carbonyl (C=O) groups excluding carboxylic acids is 1. The predicted octanol–water partition coefficient (Wildman–Crippen LogP) is 3.80. The van der Waals surface area contributed by atoms with Crippen molar-refractivity contribution < 1.29 is 24.3 Å². The lowest BCUT2D eigenvalue weighted by Gasteiger charge is -2.28. The Balaban J connectivity index is 4.03. The van der Waals surface area contributed by atoms with Gasteiger partial charge in [0.05, 0.1) is 21.1 Å². The van der Waals surface area contributed by atoms with E-state index >= 15 is 0 Å². The molecule has 0 aliphatic carbocycles. The zero-order chi connectivity index (χ0) is 20.0. The van der Waals surface area contributed by atoms with Crippen molar-refractivity contribution in [2.45, 2.75) is 77.2 Å². The Hall–Kier alpha value is -1.20. The molecule has 5 nitrogen and oxygen atoms in total. The number of hydrogen-bond acceptors (Lipinski definition) is 3. The molecule has 0 amide bonds. The van der Waals surface area contributed by atoms with E-state index in [2.05, 4.69) is 19.1 Å². The van der Waals surface area contributed by atoms with Gasteiger partial charge in [0.2, 0.25) is 0 Å². The van der Waals surface area contributed by atoms with E-state index in [4.69, 9.17) is 0 Å². The van der Waals surface area contributed by atoms with Gasteiger partial charge < -0.3 is 14.7 Å². The van der Waals surface area contributed by atoms with Crippen molar-refractivity contribution in [3.63, 3.8) is 0 Å². The summed E-state index contributed by atoms with van der Waals surface area (Å²) in [6.45, 7) is 2.46. The summed E-state index contributed by atoms with van der Waals surface area (Å²) in [5.41, 5.74) is 0. The maximum atomic E-state index is 12.2. The van der Waals surface area contributed by atoms with Gasteiger partial charge in [-0.15, -0.1) is 0 Å².